The maximum absolute atomic E-state index is 12.7. The summed E-state index contributed by atoms with van der Waals surface area (Å²) in [7, 11) is -3.52. The number of sulfonamides is 1. The predicted octanol–water partition coefficient (Wildman–Crippen LogP) is 2.35. The van der Waals surface area contributed by atoms with Gasteiger partial charge in [0.05, 0.1) is 5.69 Å². The molecule has 1 aromatic rings. The number of nitrogens with one attached hydrogen (secondary N) is 1. The lowest BCUT2D eigenvalue weighted by Crippen LogP contribution is -2.39. The summed E-state index contributed by atoms with van der Waals surface area (Å²) in [6.07, 6.45) is 4.57. The Labute approximate surface area is 120 Å². The summed E-state index contributed by atoms with van der Waals surface area (Å²) in [5.41, 5.74) is 7.90. The van der Waals surface area contributed by atoms with Crippen molar-refractivity contribution in [2.75, 3.05) is 5.73 Å². The highest BCUT2D eigenvalue weighted by atomic mass is 32.2. The van der Waals surface area contributed by atoms with Gasteiger partial charge < -0.3 is 5.73 Å². The van der Waals surface area contributed by atoms with Gasteiger partial charge in [-0.05, 0) is 56.1 Å². The summed E-state index contributed by atoms with van der Waals surface area (Å²) >= 11 is 0. The zero-order chi connectivity index (χ0) is 14.5. The molecule has 0 heterocycles. The van der Waals surface area contributed by atoms with Crippen molar-refractivity contribution in [1.29, 1.82) is 0 Å². The molecule has 2 bridgehead atoms. The molecule has 0 aliphatic heterocycles. The maximum Gasteiger partial charge on any atom is 0.243 e. The van der Waals surface area contributed by atoms with Crippen molar-refractivity contribution >= 4 is 15.7 Å². The number of hydrogen-bond acceptors (Lipinski definition) is 3. The summed E-state index contributed by atoms with van der Waals surface area (Å²) in [4.78, 5) is 0.264. The second-order valence-electron chi connectivity index (χ2n) is 6.34. The number of anilines is 1. The molecular weight excluding hydrogens is 272 g/mol. The van der Waals surface area contributed by atoms with E-state index in [-0.39, 0.29) is 10.9 Å². The fourth-order valence-corrected chi connectivity index (χ4v) is 5.56. The molecule has 0 amide bonds. The van der Waals surface area contributed by atoms with Crippen LogP contribution in [0.1, 0.15) is 36.8 Å². The van der Waals surface area contributed by atoms with Crippen molar-refractivity contribution in [2.45, 2.75) is 50.5 Å². The van der Waals surface area contributed by atoms with Crippen LogP contribution in [-0.2, 0) is 10.0 Å². The first-order chi connectivity index (χ1) is 9.38. The van der Waals surface area contributed by atoms with E-state index < -0.39 is 10.0 Å². The molecule has 2 aliphatic carbocycles. The van der Waals surface area contributed by atoms with E-state index in [1.165, 1.54) is 12.8 Å². The summed E-state index contributed by atoms with van der Waals surface area (Å²) in [5.74, 6) is 1.23. The Hall–Kier alpha value is -1.07. The molecule has 0 spiro atoms. The largest absolute Gasteiger partial charge is 0.397 e. The number of fused-ring (bicyclic) bond motifs is 2. The van der Waals surface area contributed by atoms with Gasteiger partial charge in [-0.15, -0.1) is 0 Å². The van der Waals surface area contributed by atoms with E-state index in [0.717, 1.165) is 18.4 Å². The molecule has 2 fully saturated rings. The second-order valence-corrected chi connectivity index (χ2v) is 8.00. The van der Waals surface area contributed by atoms with Crippen molar-refractivity contribution < 1.29 is 8.42 Å². The Kier molecular flexibility index (Phi) is 3.29. The summed E-state index contributed by atoms with van der Waals surface area (Å²) < 4.78 is 28.2. The van der Waals surface area contributed by atoms with Gasteiger partial charge in [0.15, 0.2) is 0 Å². The normalized spacial score (nSPS) is 29.0. The van der Waals surface area contributed by atoms with Gasteiger partial charge in [0.2, 0.25) is 10.0 Å². The predicted molar refractivity (Wildman–Crippen MR) is 79.9 cm³/mol. The lowest BCUT2D eigenvalue weighted by molar-refractivity contribution is 0.390. The summed E-state index contributed by atoms with van der Waals surface area (Å²) in [6, 6.07) is 3.78. The van der Waals surface area contributed by atoms with Crippen LogP contribution in [0.25, 0.3) is 0 Å². The third kappa shape index (κ3) is 2.23. The Morgan fingerprint density at radius 1 is 1.15 bits per heavy atom. The highest BCUT2D eigenvalue weighted by Crippen LogP contribution is 2.45. The van der Waals surface area contributed by atoms with E-state index in [1.54, 1.807) is 6.92 Å². The molecule has 4 nitrogen and oxygen atoms in total. The lowest BCUT2D eigenvalue weighted by atomic mass is 9.96. The van der Waals surface area contributed by atoms with Crippen molar-refractivity contribution in [3.05, 3.63) is 23.3 Å². The summed E-state index contributed by atoms with van der Waals surface area (Å²) in [5, 5.41) is 0. The maximum atomic E-state index is 12.7. The van der Waals surface area contributed by atoms with Crippen LogP contribution in [0, 0.1) is 25.7 Å². The van der Waals surface area contributed by atoms with E-state index in [2.05, 4.69) is 4.72 Å². The third-order valence-electron chi connectivity index (χ3n) is 4.92. The molecule has 0 saturated heterocycles. The van der Waals surface area contributed by atoms with Crippen molar-refractivity contribution in [1.82, 2.24) is 4.72 Å². The molecule has 3 atom stereocenters. The Bertz CT molecular complexity index is 640. The first-order valence-electron chi connectivity index (χ1n) is 7.26. The first kappa shape index (κ1) is 13.9. The highest BCUT2D eigenvalue weighted by molar-refractivity contribution is 7.89. The van der Waals surface area contributed by atoms with Gasteiger partial charge >= 0.3 is 0 Å². The van der Waals surface area contributed by atoms with E-state index in [0.29, 0.717) is 23.1 Å². The van der Waals surface area contributed by atoms with Gasteiger partial charge in [-0.25, -0.2) is 13.1 Å². The smallest absolute Gasteiger partial charge is 0.243 e. The fourth-order valence-electron chi connectivity index (χ4n) is 3.81. The van der Waals surface area contributed by atoms with Gasteiger partial charge in [-0.2, -0.15) is 0 Å². The van der Waals surface area contributed by atoms with Crippen LogP contribution in [-0.4, -0.2) is 14.5 Å². The first-order valence-corrected chi connectivity index (χ1v) is 8.75. The van der Waals surface area contributed by atoms with Crippen LogP contribution < -0.4 is 10.5 Å². The number of aryl methyl sites for hydroxylation is 2. The molecule has 3 unspecified atom stereocenters. The fraction of sp³-hybridized carbons (Fsp3) is 0.600. The average molecular weight is 294 g/mol. The Morgan fingerprint density at radius 2 is 1.85 bits per heavy atom. The van der Waals surface area contributed by atoms with E-state index in [4.69, 9.17) is 5.73 Å². The van der Waals surface area contributed by atoms with Crippen LogP contribution in [0.15, 0.2) is 17.0 Å². The minimum Gasteiger partial charge on any atom is -0.397 e. The van der Waals surface area contributed by atoms with Gasteiger partial charge in [0.1, 0.15) is 4.90 Å². The molecule has 5 heteroatoms. The van der Waals surface area contributed by atoms with Gasteiger partial charge in [-0.3, -0.25) is 0 Å². The Balaban J connectivity index is 1.91. The second kappa shape index (κ2) is 4.74. The standard InChI is InChI=1S/C15H22N2O2S/c1-9-3-4-10(2)15(14(9)16)20(18,19)17-13-8-11-5-6-12(13)7-11/h3-4,11-13,17H,5-8,16H2,1-2H3. The highest BCUT2D eigenvalue weighted by Gasteiger charge is 2.41. The molecular formula is C15H22N2O2S. The molecule has 110 valence electrons. The van der Waals surface area contributed by atoms with E-state index >= 15 is 0 Å². The molecule has 2 aliphatic rings. The van der Waals surface area contributed by atoms with Crippen LogP contribution >= 0.6 is 0 Å². The van der Waals surface area contributed by atoms with Crippen LogP contribution in [0.4, 0.5) is 5.69 Å². The van der Waals surface area contributed by atoms with Crippen molar-refractivity contribution in [3.63, 3.8) is 0 Å². The summed E-state index contributed by atoms with van der Waals surface area (Å²) in [6.45, 7) is 3.64. The van der Waals surface area contributed by atoms with Crippen LogP contribution in [0.3, 0.4) is 0 Å². The zero-order valence-electron chi connectivity index (χ0n) is 12.0. The monoisotopic (exact) mass is 294 g/mol. The molecule has 1 aromatic carbocycles. The lowest BCUT2D eigenvalue weighted by Gasteiger charge is -2.24. The molecule has 3 N–H and O–H groups in total. The Morgan fingerprint density at radius 3 is 2.45 bits per heavy atom. The molecule has 2 saturated carbocycles. The number of rotatable bonds is 3. The number of nitrogens with two attached hydrogens (primary N) is 1. The minimum atomic E-state index is -3.52. The average Bonchev–Trinajstić information content (AvgIpc) is 2.95. The van der Waals surface area contributed by atoms with E-state index in [9.17, 15) is 8.42 Å². The van der Waals surface area contributed by atoms with Crippen molar-refractivity contribution in [3.8, 4) is 0 Å². The minimum absolute atomic E-state index is 0.0954. The topological polar surface area (TPSA) is 72.2 Å². The van der Waals surface area contributed by atoms with Crippen LogP contribution in [0.2, 0.25) is 0 Å². The van der Waals surface area contributed by atoms with Gasteiger partial charge in [-0.1, -0.05) is 18.6 Å². The van der Waals surface area contributed by atoms with Crippen LogP contribution in [0.5, 0.6) is 0 Å². The number of nitrogen functional groups attached to an aromatic ring is 1. The zero-order valence-corrected chi connectivity index (χ0v) is 12.8. The molecule has 0 radical (unpaired) electrons. The number of benzene rings is 1. The van der Waals surface area contributed by atoms with Gasteiger partial charge in [0.25, 0.3) is 0 Å². The molecule has 0 aromatic heterocycles. The van der Waals surface area contributed by atoms with Gasteiger partial charge in [0, 0.05) is 6.04 Å². The molecule has 3 rings (SSSR count). The quantitative estimate of drug-likeness (QED) is 0.841. The third-order valence-corrected chi connectivity index (χ3v) is 6.62. The van der Waals surface area contributed by atoms with Crippen molar-refractivity contribution in [2.24, 2.45) is 11.8 Å². The number of hydrogen-bond donors (Lipinski definition) is 2. The SMILES string of the molecule is Cc1ccc(C)c(S(=O)(=O)NC2CC3CCC2C3)c1N. The molecule has 20 heavy (non-hydrogen) atoms. The van der Waals surface area contributed by atoms with E-state index in [1.807, 2.05) is 19.1 Å².